The van der Waals surface area contributed by atoms with Crippen LogP contribution in [-0.4, -0.2) is 89.7 Å². The van der Waals surface area contributed by atoms with Gasteiger partial charge in [-0.3, -0.25) is 19.2 Å². The van der Waals surface area contributed by atoms with Crippen molar-refractivity contribution in [3.63, 3.8) is 0 Å². The van der Waals surface area contributed by atoms with E-state index in [0.717, 1.165) is 88.3 Å². The number of piperidine rings is 1. The maximum atomic E-state index is 15.1. The number of nitrogens with zero attached hydrogens (tertiary/aromatic N) is 9. The number of aryl methyl sites for hydroxylation is 1. The molecule has 4 aromatic heterocycles. The fraction of sp³-hybridized carbons (Fsp3) is 0.366. The third-order valence-corrected chi connectivity index (χ3v) is 10.8. The van der Waals surface area contributed by atoms with E-state index in [1.54, 1.807) is 6.07 Å². The van der Waals surface area contributed by atoms with Gasteiger partial charge in [0.05, 0.1) is 17.4 Å². The van der Waals surface area contributed by atoms with Gasteiger partial charge in [0.2, 0.25) is 5.95 Å². The number of H-pyrrole nitrogens is 1. The van der Waals surface area contributed by atoms with Gasteiger partial charge in [-0.05, 0) is 87.6 Å². The maximum absolute atomic E-state index is 15.1. The first-order chi connectivity index (χ1) is 27.1. The van der Waals surface area contributed by atoms with Crippen molar-refractivity contribution in [1.82, 2.24) is 43.9 Å². The van der Waals surface area contributed by atoms with Crippen LogP contribution in [0.3, 0.4) is 0 Å². The van der Waals surface area contributed by atoms with Crippen LogP contribution in [0.5, 0.6) is 0 Å². The van der Waals surface area contributed by atoms with Crippen molar-refractivity contribution in [2.45, 2.75) is 46.2 Å². The van der Waals surface area contributed by atoms with Crippen LogP contribution in [0, 0.1) is 24.5 Å². The number of hydrogen-bond acceptors (Lipinski definition) is 10. The molecule has 0 radical (unpaired) electrons. The van der Waals surface area contributed by atoms with E-state index in [0.29, 0.717) is 28.6 Å². The van der Waals surface area contributed by atoms with Gasteiger partial charge in [0.15, 0.2) is 11.6 Å². The summed E-state index contributed by atoms with van der Waals surface area (Å²) in [6.45, 7) is 13.7. The molecule has 2 aliphatic heterocycles. The van der Waals surface area contributed by atoms with E-state index in [1.165, 1.54) is 22.9 Å². The van der Waals surface area contributed by atoms with Gasteiger partial charge in [-0.2, -0.15) is 0 Å². The number of halogens is 2. The number of anilines is 3. The fourth-order valence-electron chi connectivity index (χ4n) is 7.97. The topological polar surface area (TPSA) is 133 Å². The van der Waals surface area contributed by atoms with E-state index < -0.39 is 22.9 Å². The molecule has 2 N–H and O–H groups in total. The lowest BCUT2D eigenvalue weighted by Gasteiger charge is -2.39. The molecule has 56 heavy (non-hydrogen) atoms. The van der Waals surface area contributed by atoms with Crippen LogP contribution < -0.4 is 21.5 Å². The highest BCUT2D eigenvalue weighted by Crippen LogP contribution is 2.31. The van der Waals surface area contributed by atoms with Crippen molar-refractivity contribution in [2.24, 2.45) is 5.92 Å². The molecule has 0 saturated carbocycles. The molecular formula is C41H45F2N11O2. The lowest BCUT2D eigenvalue weighted by atomic mass is 9.95. The SMILES string of the molecule is Cc1nc2c(F)cc(-c3nc(Nc4ccc(CN5CCN(CC6CCN(c7ccc(-n8ccc(=O)[nH]c8=O)cc7)CC6)CC5)cn4)ncc3F)cc2n1C(C)C. The normalized spacial score (nSPS) is 15.9. The number of aromatic nitrogens is 7. The minimum Gasteiger partial charge on any atom is -0.372 e. The Morgan fingerprint density at radius 3 is 2.27 bits per heavy atom. The summed E-state index contributed by atoms with van der Waals surface area (Å²) in [5, 5.41) is 3.07. The average molecular weight is 762 g/mol. The second-order valence-corrected chi connectivity index (χ2v) is 15.0. The zero-order valence-electron chi connectivity index (χ0n) is 31.8. The van der Waals surface area contributed by atoms with Gasteiger partial charge in [0.25, 0.3) is 5.56 Å². The molecular weight excluding hydrogens is 717 g/mol. The van der Waals surface area contributed by atoms with Gasteiger partial charge in [-0.25, -0.2) is 33.5 Å². The van der Waals surface area contributed by atoms with Crippen molar-refractivity contribution in [2.75, 3.05) is 56.0 Å². The number of hydrogen-bond donors (Lipinski definition) is 2. The molecule has 8 rings (SSSR count). The Balaban J connectivity index is 0.806. The lowest BCUT2D eigenvalue weighted by molar-refractivity contribution is 0.108. The van der Waals surface area contributed by atoms with E-state index in [4.69, 9.17) is 0 Å². The fourth-order valence-corrected chi connectivity index (χ4v) is 7.97. The molecule has 0 unspecified atom stereocenters. The van der Waals surface area contributed by atoms with E-state index in [1.807, 2.05) is 67.9 Å². The Bertz CT molecular complexity index is 2450. The molecule has 6 aromatic rings. The van der Waals surface area contributed by atoms with Gasteiger partial charge < -0.3 is 19.7 Å². The number of rotatable bonds is 10. The quantitative estimate of drug-likeness (QED) is 0.180. The lowest BCUT2D eigenvalue weighted by Crippen LogP contribution is -2.48. The minimum atomic E-state index is -0.653. The van der Waals surface area contributed by atoms with Gasteiger partial charge in [0.1, 0.15) is 22.9 Å². The molecule has 2 aliphatic rings. The molecule has 2 fully saturated rings. The molecule has 15 heteroatoms. The predicted molar refractivity (Wildman–Crippen MR) is 213 cm³/mol. The van der Waals surface area contributed by atoms with Crippen molar-refractivity contribution in [3.05, 3.63) is 117 Å². The number of pyridine rings is 1. The Kier molecular flexibility index (Phi) is 10.4. The van der Waals surface area contributed by atoms with E-state index in [2.05, 4.69) is 44.9 Å². The minimum absolute atomic E-state index is 0.00818. The molecule has 13 nitrogen and oxygen atoms in total. The van der Waals surface area contributed by atoms with Crippen LogP contribution in [0.2, 0.25) is 0 Å². The Hall–Kier alpha value is -5.80. The maximum Gasteiger partial charge on any atom is 0.332 e. The zero-order chi connectivity index (χ0) is 38.9. The van der Waals surface area contributed by atoms with E-state index >= 15 is 8.78 Å². The third kappa shape index (κ3) is 7.95. The van der Waals surface area contributed by atoms with Crippen LogP contribution in [0.4, 0.5) is 26.2 Å². The van der Waals surface area contributed by atoms with Gasteiger partial charge >= 0.3 is 5.69 Å². The molecule has 0 atom stereocenters. The van der Waals surface area contributed by atoms with Gasteiger partial charge in [0, 0.05) is 88.1 Å². The van der Waals surface area contributed by atoms with Crippen LogP contribution >= 0.6 is 0 Å². The van der Waals surface area contributed by atoms with Crippen molar-refractivity contribution < 1.29 is 8.78 Å². The Morgan fingerprint density at radius 1 is 0.839 bits per heavy atom. The van der Waals surface area contributed by atoms with Crippen molar-refractivity contribution in [3.8, 4) is 16.9 Å². The van der Waals surface area contributed by atoms with Crippen molar-refractivity contribution >= 4 is 28.5 Å². The molecule has 0 amide bonds. The summed E-state index contributed by atoms with van der Waals surface area (Å²) in [5.74, 6) is 0.846. The first kappa shape index (κ1) is 37.1. The highest BCUT2D eigenvalue weighted by molar-refractivity contribution is 5.83. The smallest absolute Gasteiger partial charge is 0.332 e. The second-order valence-electron chi connectivity index (χ2n) is 15.0. The third-order valence-electron chi connectivity index (χ3n) is 10.8. The largest absolute Gasteiger partial charge is 0.372 e. The highest BCUT2D eigenvalue weighted by Gasteiger charge is 2.25. The highest BCUT2D eigenvalue weighted by atomic mass is 19.1. The monoisotopic (exact) mass is 761 g/mol. The van der Waals surface area contributed by atoms with Crippen LogP contribution in [0.25, 0.3) is 28.0 Å². The van der Waals surface area contributed by atoms with Crippen molar-refractivity contribution in [1.29, 1.82) is 0 Å². The summed E-state index contributed by atoms with van der Waals surface area (Å²) in [5.41, 5.74) is 3.23. The molecule has 0 aliphatic carbocycles. The number of aromatic amines is 1. The standard InChI is InChI=1S/C41H45F2N11O2/c1-26(2)54-27(3)46-39-33(42)20-30(21-35(39)54)38-34(43)23-45-40(49-38)47-36-9-4-29(22-44-36)25-51-18-16-50(17-19-51)24-28-10-13-52(14-11-28)31-5-7-32(8-6-31)53-15-12-37(55)48-41(53)56/h4-9,12,15,20-23,26,28H,10-11,13-14,16-19,24-25H2,1-3H3,(H,48,55,56)(H,44,45,47,49). The van der Waals surface area contributed by atoms with Crippen LogP contribution in [0.1, 0.15) is 44.1 Å². The summed E-state index contributed by atoms with van der Waals surface area (Å²) in [6, 6.07) is 16.2. The Labute approximate surface area is 322 Å². The molecule has 2 saturated heterocycles. The second kappa shape index (κ2) is 15.7. The summed E-state index contributed by atoms with van der Waals surface area (Å²) < 4.78 is 33.5. The summed E-state index contributed by atoms with van der Waals surface area (Å²) in [6.07, 6.45) is 6.69. The summed E-state index contributed by atoms with van der Waals surface area (Å²) in [4.78, 5) is 50.8. The number of nitrogens with one attached hydrogen (secondary N) is 2. The average Bonchev–Trinajstić information content (AvgIpc) is 3.54. The van der Waals surface area contributed by atoms with Gasteiger partial charge in [-0.15, -0.1) is 0 Å². The zero-order valence-corrected chi connectivity index (χ0v) is 31.8. The first-order valence-electron chi connectivity index (χ1n) is 19.1. The van der Waals surface area contributed by atoms with Crippen LogP contribution in [0.15, 0.2) is 82.8 Å². The predicted octanol–water partition coefficient (Wildman–Crippen LogP) is 5.67. The molecule has 290 valence electrons. The number of benzene rings is 2. The first-order valence-corrected chi connectivity index (χ1v) is 19.1. The molecule has 0 spiro atoms. The molecule has 0 bridgehead atoms. The number of imidazole rings is 1. The molecule has 6 heterocycles. The summed E-state index contributed by atoms with van der Waals surface area (Å²) in [7, 11) is 0. The number of piperazine rings is 1. The number of fused-ring (bicyclic) bond motifs is 1. The van der Waals surface area contributed by atoms with E-state index in [9.17, 15) is 9.59 Å². The van der Waals surface area contributed by atoms with E-state index in [-0.39, 0.29) is 23.2 Å². The molecule has 2 aromatic carbocycles. The Morgan fingerprint density at radius 2 is 1.57 bits per heavy atom. The summed E-state index contributed by atoms with van der Waals surface area (Å²) >= 11 is 0. The van der Waals surface area contributed by atoms with Gasteiger partial charge in [-0.1, -0.05) is 6.07 Å². The van der Waals surface area contributed by atoms with Crippen LogP contribution in [-0.2, 0) is 6.54 Å².